The topological polar surface area (TPSA) is 37.0 Å². The second-order valence-corrected chi connectivity index (χ2v) is 6.05. The molecule has 0 bridgehead atoms. The van der Waals surface area contributed by atoms with E-state index in [4.69, 9.17) is 9.47 Å². The summed E-state index contributed by atoms with van der Waals surface area (Å²) in [5.41, 5.74) is 0. The molecule has 1 N–H and O–H groups in total. The molecule has 2 heterocycles. The highest BCUT2D eigenvalue weighted by Gasteiger charge is 2.28. The Bertz CT molecular complexity index is 260. The van der Waals surface area contributed by atoms with Crippen LogP contribution in [-0.4, -0.2) is 88.1 Å². The molecule has 2 rings (SSSR count). The van der Waals surface area contributed by atoms with E-state index in [0.717, 1.165) is 58.6 Å². The first-order valence-corrected chi connectivity index (χ1v) is 8.72. The molecule has 0 spiro atoms. The van der Waals surface area contributed by atoms with Crippen molar-refractivity contribution in [3.8, 4) is 0 Å². The van der Waals surface area contributed by atoms with Gasteiger partial charge in [-0.3, -0.25) is 4.90 Å². The SMILES string of the molecule is CCOCCCCNCCN1CCC(N2CCOCC2)C1. The predicted octanol–water partition coefficient (Wildman–Crippen LogP) is 0.799. The van der Waals surface area contributed by atoms with E-state index in [-0.39, 0.29) is 0 Å². The lowest BCUT2D eigenvalue weighted by atomic mass is 10.2. The highest BCUT2D eigenvalue weighted by atomic mass is 16.5. The summed E-state index contributed by atoms with van der Waals surface area (Å²) in [6.07, 6.45) is 3.72. The van der Waals surface area contributed by atoms with E-state index < -0.39 is 0 Å². The lowest BCUT2D eigenvalue weighted by Crippen LogP contribution is -2.45. The number of rotatable bonds is 10. The van der Waals surface area contributed by atoms with Crippen LogP contribution in [0.15, 0.2) is 0 Å². The van der Waals surface area contributed by atoms with Gasteiger partial charge in [-0.1, -0.05) is 0 Å². The third-order valence-corrected chi connectivity index (χ3v) is 4.51. The molecule has 0 saturated carbocycles. The molecule has 0 radical (unpaired) electrons. The van der Waals surface area contributed by atoms with Gasteiger partial charge in [0.15, 0.2) is 0 Å². The average molecular weight is 299 g/mol. The second kappa shape index (κ2) is 10.5. The van der Waals surface area contributed by atoms with Crippen LogP contribution in [0.1, 0.15) is 26.2 Å². The Labute approximate surface area is 129 Å². The highest BCUT2D eigenvalue weighted by molar-refractivity contribution is 4.84. The van der Waals surface area contributed by atoms with E-state index in [1.807, 2.05) is 0 Å². The minimum atomic E-state index is 0.764. The predicted molar refractivity (Wildman–Crippen MR) is 85.8 cm³/mol. The number of nitrogens with zero attached hydrogens (tertiary/aromatic N) is 2. The summed E-state index contributed by atoms with van der Waals surface area (Å²) in [6, 6.07) is 0.764. The number of morpholine rings is 1. The molecule has 5 nitrogen and oxygen atoms in total. The zero-order valence-electron chi connectivity index (χ0n) is 13.7. The standard InChI is InChI=1S/C16H33N3O2/c1-2-20-12-4-3-6-17-7-9-18-8-5-16(15-18)19-10-13-21-14-11-19/h16-17H,2-15H2,1H3. The third kappa shape index (κ3) is 6.61. The van der Waals surface area contributed by atoms with Crippen molar-refractivity contribution in [2.24, 2.45) is 0 Å². The van der Waals surface area contributed by atoms with Gasteiger partial charge >= 0.3 is 0 Å². The smallest absolute Gasteiger partial charge is 0.0594 e. The fourth-order valence-electron chi connectivity index (χ4n) is 3.22. The Balaban J connectivity index is 1.45. The number of nitrogens with one attached hydrogen (secondary N) is 1. The molecule has 2 saturated heterocycles. The van der Waals surface area contributed by atoms with E-state index in [1.54, 1.807) is 0 Å². The first-order chi connectivity index (χ1) is 10.4. The molecule has 21 heavy (non-hydrogen) atoms. The summed E-state index contributed by atoms with van der Waals surface area (Å²) in [5.74, 6) is 0. The van der Waals surface area contributed by atoms with Crippen LogP contribution in [0.25, 0.3) is 0 Å². The van der Waals surface area contributed by atoms with Crippen LogP contribution < -0.4 is 5.32 Å². The first kappa shape index (κ1) is 17.2. The van der Waals surface area contributed by atoms with Crippen molar-refractivity contribution in [1.82, 2.24) is 15.1 Å². The molecule has 2 aliphatic rings. The van der Waals surface area contributed by atoms with Crippen molar-refractivity contribution in [3.63, 3.8) is 0 Å². The average Bonchev–Trinajstić information content (AvgIpc) is 3.00. The maximum absolute atomic E-state index is 5.44. The summed E-state index contributed by atoms with van der Waals surface area (Å²) in [4.78, 5) is 5.22. The lowest BCUT2D eigenvalue weighted by molar-refractivity contribution is 0.0185. The zero-order chi connectivity index (χ0) is 14.8. The van der Waals surface area contributed by atoms with Gasteiger partial charge in [0, 0.05) is 52.0 Å². The van der Waals surface area contributed by atoms with Gasteiger partial charge in [0.05, 0.1) is 13.2 Å². The van der Waals surface area contributed by atoms with Gasteiger partial charge in [-0.05, 0) is 39.3 Å². The number of likely N-dealkylation sites (tertiary alicyclic amines) is 1. The van der Waals surface area contributed by atoms with E-state index in [0.29, 0.717) is 0 Å². The van der Waals surface area contributed by atoms with Gasteiger partial charge in [-0.25, -0.2) is 0 Å². The highest BCUT2D eigenvalue weighted by Crippen LogP contribution is 2.16. The lowest BCUT2D eigenvalue weighted by Gasteiger charge is -2.32. The molecule has 0 aromatic carbocycles. The molecule has 0 aliphatic carbocycles. The van der Waals surface area contributed by atoms with Crippen LogP contribution in [0.3, 0.4) is 0 Å². The van der Waals surface area contributed by atoms with Crippen molar-refractivity contribution >= 4 is 0 Å². The van der Waals surface area contributed by atoms with Crippen molar-refractivity contribution in [1.29, 1.82) is 0 Å². The fraction of sp³-hybridized carbons (Fsp3) is 1.00. The molecule has 2 fully saturated rings. The molecule has 2 aliphatic heterocycles. The Morgan fingerprint density at radius 2 is 2.00 bits per heavy atom. The number of hydrogen-bond donors (Lipinski definition) is 1. The molecule has 1 atom stereocenters. The number of hydrogen-bond acceptors (Lipinski definition) is 5. The van der Waals surface area contributed by atoms with Crippen LogP contribution in [0.5, 0.6) is 0 Å². The molecule has 5 heteroatoms. The van der Waals surface area contributed by atoms with Gasteiger partial charge < -0.3 is 19.7 Å². The van der Waals surface area contributed by atoms with Crippen molar-refractivity contribution in [2.75, 3.05) is 72.2 Å². The molecule has 0 aromatic rings. The van der Waals surface area contributed by atoms with Crippen LogP contribution in [0, 0.1) is 0 Å². The largest absolute Gasteiger partial charge is 0.382 e. The fourth-order valence-corrected chi connectivity index (χ4v) is 3.22. The molecular formula is C16H33N3O2. The minimum absolute atomic E-state index is 0.764. The van der Waals surface area contributed by atoms with Gasteiger partial charge in [0.1, 0.15) is 0 Å². The Morgan fingerprint density at radius 3 is 2.81 bits per heavy atom. The minimum Gasteiger partial charge on any atom is -0.382 e. The van der Waals surface area contributed by atoms with Gasteiger partial charge in [-0.15, -0.1) is 0 Å². The van der Waals surface area contributed by atoms with Crippen LogP contribution >= 0.6 is 0 Å². The molecular weight excluding hydrogens is 266 g/mol. The monoisotopic (exact) mass is 299 g/mol. The van der Waals surface area contributed by atoms with Crippen LogP contribution in [0.4, 0.5) is 0 Å². The van der Waals surface area contributed by atoms with Crippen molar-refractivity contribution in [2.45, 2.75) is 32.2 Å². The van der Waals surface area contributed by atoms with Gasteiger partial charge in [-0.2, -0.15) is 0 Å². The normalized spacial score (nSPS) is 24.7. The number of unbranched alkanes of at least 4 members (excludes halogenated alkanes) is 1. The van der Waals surface area contributed by atoms with Gasteiger partial charge in [0.2, 0.25) is 0 Å². The molecule has 1 unspecified atom stereocenters. The quantitative estimate of drug-likeness (QED) is 0.604. The molecule has 124 valence electrons. The van der Waals surface area contributed by atoms with E-state index in [9.17, 15) is 0 Å². The van der Waals surface area contributed by atoms with Crippen molar-refractivity contribution < 1.29 is 9.47 Å². The zero-order valence-corrected chi connectivity index (χ0v) is 13.7. The van der Waals surface area contributed by atoms with E-state index in [2.05, 4.69) is 22.0 Å². The van der Waals surface area contributed by atoms with Gasteiger partial charge in [0.25, 0.3) is 0 Å². The van der Waals surface area contributed by atoms with Crippen LogP contribution in [0.2, 0.25) is 0 Å². The van der Waals surface area contributed by atoms with E-state index in [1.165, 1.54) is 38.9 Å². The summed E-state index contributed by atoms with van der Waals surface area (Å²) in [6.45, 7) is 13.8. The summed E-state index contributed by atoms with van der Waals surface area (Å²) < 4.78 is 10.8. The first-order valence-electron chi connectivity index (χ1n) is 8.72. The summed E-state index contributed by atoms with van der Waals surface area (Å²) >= 11 is 0. The Morgan fingerprint density at radius 1 is 1.14 bits per heavy atom. The molecule has 0 amide bonds. The van der Waals surface area contributed by atoms with Crippen LogP contribution in [-0.2, 0) is 9.47 Å². The maximum atomic E-state index is 5.44. The summed E-state index contributed by atoms with van der Waals surface area (Å²) in [5, 5.41) is 3.55. The second-order valence-electron chi connectivity index (χ2n) is 6.05. The third-order valence-electron chi connectivity index (χ3n) is 4.51. The number of ether oxygens (including phenoxy) is 2. The molecule has 0 aromatic heterocycles. The van der Waals surface area contributed by atoms with Crippen molar-refractivity contribution in [3.05, 3.63) is 0 Å². The Kier molecular flexibility index (Phi) is 8.59. The van der Waals surface area contributed by atoms with E-state index >= 15 is 0 Å². The maximum Gasteiger partial charge on any atom is 0.0594 e. The Hall–Kier alpha value is -0.200. The summed E-state index contributed by atoms with van der Waals surface area (Å²) in [7, 11) is 0.